The van der Waals surface area contributed by atoms with Gasteiger partial charge in [0.05, 0.1) is 0 Å². The average molecular weight is 327 g/mol. The fourth-order valence-electron chi connectivity index (χ4n) is 3.29. The molecule has 102 valence electrons. The first-order chi connectivity index (χ1) is 9.10. The van der Waals surface area contributed by atoms with Crippen LogP contribution in [0.1, 0.15) is 18.4 Å². The average Bonchev–Trinajstić information content (AvgIpc) is 2.98. The highest BCUT2D eigenvalue weighted by Crippen LogP contribution is 2.49. The summed E-state index contributed by atoms with van der Waals surface area (Å²) in [6.45, 7) is 0.611. The van der Waals surface area contributed by atoms with E-state index < -0.39 is 11.6 Å². The summed E-state index contributed by atoms with van der Waals surface area (Å²) in [4.78, 5) is 15.1. The molecule has 2 N–H and O–H groups in total. The Labute approximate surface area is 119 Å². The van der Waals surface area contributed by atoms with Crippen molar-refractivity contribution in [3.63, 3.8) is 0 Å². The van der Waals surface area contributed by atoms with E-state index >= 15 is 0 Å². The summed E-state index contributed by atoms with van der Waals surface area (Å²) in [5.74, 6) is -0.611. The number of hydrogen-bond donors (Lipinski definition) is 2. The summed E-state index contributed by atoms with van der Waals surface area (Å²) in [5.41, 5.74) is 0.480. The lowest BCUT2D eigenvalue weighted by Crippen LogP contribution is -2.44. The van der Waals surface area contributed by atoms with Crippen molar-refractivity contribution in [1.29, 1.82) is 0 Å². The molecule has 2 aliphatic rings. The molecule has 1 aromatic rings. The van der Waals surface area contributed by atoms with E-state index in [0.717, 1.165) is 29.6 Å². The number of aromatic nitrogens is 1. The monoisotopic (exact) mass is 326 g/mol. The first kappa shape index (κ1) is 13.0. The van der Waals surface area contributed by atoms with Crippen LogP contribution in [0.5, 0.6) is 0 Å². The third kappa shape index (κ3) is 2.28. The summed E-state index contributed by atoms with van der Waals surface area (Å²) in [7, 11) is 0. The number of carboxylic acids is 1. The molecule has 0 radical (unpaired) electrons. The van der Waals surface area contributed by atoms with Gasteiger partial charge in [-0.2, -0.15) is 0 Å². The van der Waals surface area contributed by atoms with Crippen molar-refractivity contribution in [1.82, 2.24) is 10.3 Å². The third-order valence-corrected chi connectivity index (χ3v) is 4.57. The van der Waals surface area contributed by atoms with Gasteiger partial charge >= 0.3 is 5.97 Å². The van der Waals surface area contributed by atoms with Gasteiger partial charge in [0.25, 0.3) is 0 Å². The van der Waals surface area contributed by atoms with Crippen molar-refractivity contribution in [2.75, 3.05) is 13.2 Å². The molecule has 0 aromatic carbocycles. The Morgan fingerprint density at radius 2 is 2.47 bits per heavy atom. The van der Waals surface area contributed by atoms with Gasteiger partial charge in [-0.1, -0.05) is 6.07 Å². The quantitative estimate of drug-likeness (QED) is 0.821. The van der Waals surface area contributed by atoms with Crippen LogP contribution in [0.25, 0.3) is 0 Å². The fourth-order valence-corrected chi connectivity index (χ4v) is 3.53. The van der Waals surface area contributed by atoms with Gasteiger partial charge in [0.2, 0.25) is 0 Å². The van der Waals surface area contributed by atoms with Crippen LogP contribution in [0, 0.1) is 5.92 Å². The van der Waals surface area contributed by atoms with E-state index in [1.165, 1.54) is 0 Å². The van der Waals surface area contributed by atoms with Crippen molar-refractivity contribution in [2.24, 2.45) is 5.92 Å². The Morgan fingerprint density at radius 1 is 1.63 bits per heavy atom. The lowest BCUT2D eigenvalue weighted by molar-refractivity contribution is -0.155. The van der Waals surface area contributed by atoms with Crippen molar-refractivity contribution >= 4 is 21.9 Å². The molecule has 5 nitrogen and oxygen atoms in total. The molecule has 3 unspecified atom stereocenters. The number of rotatable bonds is 4. The van der Waals surface area contributed by atoms with E-state index in [-0.39, 0.29) is 6.61 Å². The standard InChI is InChI=1S/C13H15BrN2O3/c14-11-2-1-8(5-16-11)13(19-7-12(17)18)4-10-3-9(13)6-15-10/h1-2,5,9-10,15H,3-4,6-7H2,(H,17,18). The summed E-state index contributed by atoms with van der Waals surface area (Å²) < 4.78 is 6.59. The molecule has 3 atom stereocenters. The van der Waals surface area contributed by atoms with Gasteiger partial charge in [-0.05, 0) is 34.8 Å². The number of ether oxygens (including phenoxy) is 1. The van der Waals surface area contributed by atoms with Crippen molar-refractivity contribution < 1.29 is 14.6 Å². The first-order valence-corrected chi connectivity index (χ1v) is 7.10. The number of fused-ring (bicyclic) bond motifs is 2. The summed E-state index contributed by atoms with van der Waals surface area (Å²) in [6, 6.07) is 4.27. The number of aliphatic carboxylic acids is 1. The van der Waals surface area contributed by atoms with Crippen LogP contribution in [0.15, 0.2) is 22.9 Å². The van der Waals surface area contributed by atoms with Gasteiger partial charge in [-0.3, -0.25) is 0 Å². The molecule has 1 aliphatic heterocycles. The second-order valence-corrected chi connectivity index (χ2v) is 6.00. The maximum Gasteiger partial charge on any atom is 0.329 e. The molecular formula is C13H15BrN2O3. The fraction of sp³-hybridized carbons (Fsp3) is 0.538. The molecule has 0 amide bonds. The molecular weight excluding hydrogens is 312 g/mol. The Balaban J connectivity index is 1.92. The molecule has 2 fully saturated rings. The zero-order valence-corrected chi connectivity index (χ0v) is 11.9. The van der Waals surface area contributed by atoms with Crippen LogP contribution in [0.3, 0.4) is 0 Å². The van der Waals surface area contributed by atoms with Gasteiger partial charge in [0.15, 0.2) is 0 Å². The zero-order valence-electron chi connectivity index (χ0n) is 10.3. The molecule has 2 bridgehead atoms. The van der Waals surface area contributed by atoms with Crippen molar-refractivity contribution in [2.45, 2.75) is 24.5 Å². The normalized spacial score (nSPS) is 32.7. The summed E-state index contributed by atoms with van der Waals surface area (Å²) >= 11 is 3.32. The highest BCUT2D eigenvalue weighted by Gasteiger charge is 2.53. The first-order valence-electron chi connectivity index (χ1n) is 6.31. The third-order valence-electron chi connectivity index (χ3n) is 4.10. The highest BCUT2D eigenvalue weighted by molar-refractivity contribution is 9.10. The van der Waals surface area contributed by atoms with Gasteiger partial charge in [0, 0.05) is 30.3 Å². The van der Waals surface area contributed by atoms with Crippen LogP contribution in [0.4, 0.5) is 0 Å². The number of hydrogen-bond acceptors (Lipinski definition) is 4. The molecule has 6 heteroatoms. The predicted molar refractivity (Wildman–Crippen MR) is 71.7 cm³/mol. The molecule has 3 rings (SSSR count). The number of carboxylic acid groups (broad SMARTS) is 1. The van der Waals surface area contributed by atoms with E-state index in [1.807, 2.05) is 12.1 Å². The van der Waals surface area contributed by atoms with Crippen LogP contribution in [-0.2, 0) is 15.1 Å². The highest BCUT2D eigenvalue weighted by atomic mass is 79.9. The lowest BCUT2D eigenvalue weighted by atomic mass is 9.83. The molecule has 19 heavy (non-hydrogen) atoms. The minimum absolute atomic E-state index is 0.265. The molecule has 1 aliphatic carbocycles. The van der Waals surface area contributed by atoms with E-state index in [9.17, 15) is 4.79 Å². The van der Waals surface area contributed by atoms with Gasteiger partial charge < -0.3 is 15.2 Å². The minimum Gasteiger partial charge on any atom is -0.480 e. The minimum atomic E-state index is -0.930. The topological polar surface area (TPSA) is 71.5 Å². The Kier molecular flexibility index (Phi) is 3.32. The van der Waals surface area contributed by atoms with Gasteiger partial charge in [-0.15, -0.1) is 0 Å². The lowest BCUT2D eigenvalue weighted by Gasteiger charge is -2.37. The van der Waals surface area contributed by atoms with E-state index in [0.29, 0.717) is 12.0 Å². The number of carbonyl (C=O) groups is 1. The Bertz CT molecular complexity index is 493. The molecule has 1 saturated carbocycles. The Hall–Kier alpha value is -0.980. The number of halogens is 1. The predicted octanol–water partition coefficient (Wildman–Crippen LogP) is 1.52. The molecule has 2 heterocycles. The van der Waals surface area contributed by atoms with Crippen LogP contribution < -0.4 is 5.32 Å². The molecule has 0 spiro atoms. The number of nitrogens with zero attached hydrogens (tertiary/aromatic N) is 1. The zero-order chi connectivity index (χ0) is 13.5. The smallest absolute Gasteiger partial charge is 0.329 e. The maximum absolute atomic E-state index is 10.8. The summed E-state index contributed by atoms with van der Waals surface area (Å²) in [5, 5.41) is 12.3. The van der Waals surface area contributed by atoms with E-state index in [4.69, 9.17) is 9.84 Å². The maximum atomic E-state index is 10.8. The van der Waals surface area contributed by atoms with Crippen molar-refractivity contribution in [3.8, 4) is 0 Å². The molecule has 1 aromatic heterocycles. The van der Waals surface area contributed by atoms with Crippen LogP contribution in [0.2, 0.25) is 0 Å². The van der Waals surface area contributed by atoms with Gasteiger partial charge in [0.1, 0.15) is 16.8 Å². The van der Waals surface area contributed by atoms with E-state index in [1.54, 1.807) is 6.20 Å². The number of nitrogens with one attached hydrogen (secondary N) is 1. The van der Waals surface area contributed by atoms with Gasteiger partial charge in [-0.25, -0.2) is 9.78 Å². The summed E-state index contributed by atoms with van der Waals surface area (Å²) in [6.07, 6.45) is 3.64. The number of pyridine rings is 1. The van der Waals surface area contributed by atoms with Crippen LogP contribution in [-0.4, -0.2) is 35.3 Å². The van der Waals surface area contributed by atoms with E-state index in [2.05, 4.69) is 26.2 Å². The second kappa shape index (κ2) is 4.85. The second-order valence-electron chi connectivity index (χ2n) is 5.18. The van der Waals surface area contributed by atoms with Crippen molar-refractivity contribution in [3.05, 3.63) is 28.5 Å². The number of piperidine rings is 1. The molecule has 1 saturated heterocycles. The Morgan fingerprint density at radius 3 is 3.00 bits per heavy atom. The SMILES string of the molecule is O=C(O)COC1(c2ccc(Br)nc2)CC2CC1CN2. The van der Waals surface area contributed by atoms with Crippen LogP contribution >= 0.6 is 15.9 Å². The largest absolute Gasteiger partial charge is 0.480 e.